The molecular weight excluding hydrogens is 331 g/mol. The number of alkyl halides is 3. The first-order chi connectivity index (χ1) is 8.36. The maximum atomic E-state index is 12.3. The number of halogens is 4. The topological polar surface area (TPSA) is 25.2 Å². The molecule has 0 fully saturated rings. The molecule has 0 bridgehead atoms. The predicted molar refractivity (Wildman–Crippen MR) is 66.6 cm³/mol. The highest BCUT2D eigenvalue weighted by atomic mass is 79.9. The molecule has 0 saturated carbocycles. The van der Waals surface area contributed by atoms with Crippen LogP contribution in [0.25, 0.3) is 0 Å². The quantitative estimate of drug-likeness (QED) is 0.899. The van der Waals surface area contributed by atoms with Gasteiger partial charge in [0.1, 0.15) is 0 Å². The Kier molecular flexibility index (Phi) is 3.84. The standard InChI is InChI=1S/C11H9BrF3NOS/c12-8-3-9(18-6-8)5-16-2-1-7(4-16)10(17)11(13,14)15/h1-4,6,10,17H,5H2. The van der Waals surface area contributed by atoms with Crippen LogP contribution in [0.15, 0.2) is 34.4 Å². The van der Waals surface area contributed by atoms with Crippen molar-refractivity contribution in [3.63, 3.8) is 0 Å². The van der Waals surface area contributed by atoms with Crippen LogP contribution < -0.4 is 0 Å². The summed E-state index contributed by atoms with van der Waals surface area (Å²) in [6.45, 7) is 0.487. The van der Waals surface area contributed by atoms with Gasteiger partial charge in [0.15, 0.2) is 6.10 Å². The van der Waals surface area contributed by atoms with Crippen LogP contribution in [0.1, 0.15) is 16.5 Å². The van der Waals surface area contributed by atoms with Crippen LogP contribution in [0.2, 0.25) is 0 Å². The average Bonchev–Trinajstić information content (AvgIpc) is 2.86. The molecule has 1 unspecified atom stereocenters. The van der Waals surface area contributed by atoms with Gasteiger partial charge in [0.05, 0.1) is 6.54 Å². The predicted octanol–water partition coefficient (Wildman–Crippen LogP) is 3.96. The molecule has 2 rings (SSSR count). The first-order valence-corrected chi connectivity index (χ1v) is 6.67. The second kappa shape index (κ2) is 5.07. The minimum absolute atomic E-state index is 0.141. The van der Waals surface area contributed by atoms with Gasteiger partial charge in [-0.15, -0.1) is 11.3 Å². The summed E-state index contributed by atoms with van der Waals surface area (Å²) in [5.74, 6) is 0. The van der Waals surface area contributed by atoms with Crippen molar-refractivity contribution >= 4 is 27.3 Å². The lowest BCUT2D eigenvalue weighted by atomic mass is 10.2. The minimum atomic E-state index is -4.63. The maximum absolute atomic E-state index is 12.3. The highest BCUT2D eigenvalue weighted by molar-refractivity contribution is 9.10. The van der Waals surface area contributed by atoms with Crippen molar-refractivity contribution in [1.29, 1.82) is 0 Å². The highest BCUT2D eigenvalue weighted by Gasteiger charge is 2.39. The third kappa shape index (κ3) is 3.15. The Morgan fingerprint density at radius 1 is 1.44 bits per heavy atom. The fourth-order valence-electron chi connectivity index (χ4n) is 1.53. The van der Waals surface area contributed by atoms with Crippen LogP contribution in [-0.2, 0) is 6.54 Å². The van der Waals surface area contributed by atoms with E-state index in [1.54, 1.807) is 4.57 Å². The Balaban J connectivity index is 2.11. The third-order valence-corrected chi connectivity index (χ3v) is 4.04. The molecule has 0 spiro atoms. The number of hydrogen-bond donors (Lipinski definition) is 1. The highest BCUT2D eigenvalue weighted by Crippen LogP contribution is 2.32. The van der Waals surface area contributed by atoms with E-state index in [0.717, 1.165) is 9.35 Å². The molecule has 1 atom stereocenters. The van der Waals surface area contributed by atoms with Crippen LogP contribution in [0.4, 0.5) is 13.2 Å². The molecule has 98 valence electrons. The summed E-state index contributed by atoms with van der Waals surface area (Å²) in [4.78, 5) is 1.02. The maximum Gasteiger partial charge on any atom is 0.418 e. The Morgan fingerprint density at radius 2 is 2.17 bits per heavy atom. The smallest absolute Gasteiger partial charge is 0.379 e. The van der Waals surface area contributed by atoms with Crippen LogP contribution in [0, 0.1) is 0 Å². The van der Waals surface area contributed by atoms with Crippen LogP contribution >= 0.6 is 27.3 Å². The van der Waals surface area contributed by atoms with Crippen LogP contribution in [0.3, 0.4) is 0 Å². The van der Waals surface area contributed by atoms with E-state index in [9.17, 15) is 13.2 Å². The number of nitrogens with zero attached hydrogens (tertiary/aromatic N) is 1. The van der Waals surface area contributed by atoms with Crippen molar-refractivity contribution in [2.75, 3.05) is 0 Å². The van der Waals surface area contributed by atoms with Crippen molar-refractivity contribution in [3.05, 3.63) is 44.8 Å². The van der Waals surface area contributed by atoms with Crippen molar-refractivity contribution in [2.45, 2.75) is 18.8 Å². The monoisotopic (exact) mass is 339 g/mol. The second-order valence-electron chi connectivity index (χ2n) is 3.79. The zero-order valence-corrected chi connectivity index (χ0v) is 11.4. The lowest BCUT2D eigenvalue weighted by molar-refractivity contribution is -0.206. The third-order valence-electron chi connectivity index (χ3n) is 2.36. The largest absolute Gasteiger partial charge is 0.418 e. The number of hydrogen-bond acceptors (Lipinski definition) is 2. The molecule has 0 saturated heterocycles. The first-order valence-electron chi connectivity index (χ1n) is 4.99. The van der Waals surface area contributed by atoms with E-state index in [1.165, 1.54) is 29.8 Å². The molecule has 2 aromatic heterocycles. The molecule has 2 aromatic rings. The Bertz CT molecular complexity index is 534. The molecule has 18 heavy (non-hydrogen) atoms. The summed E-state index contributed by atoms with van der Waals surface area (Å²) in [6.07, 6.45) is -4.21. The van der Waals surface area contributed by atoms with Gasteiger partial charge in [-0.1, -0.05) is 0 Å². The van der Waals surface area contributed by atoms with Gasteiger partial charge in [-0.2, -0.15) is 13.2 Å². The van der Waals surface area contributed by atoms with E-state index in [-0.39, 0.29) is 5.56 Å². The van der Waals surface area contributed by atoms with Gasteiger partial charge in [-0.3, -0.25) is 0 Å². The second-order valence-corrected chi connectivity index (χ2v) is 5.70. The Morgan fingerprint density at radius 3 is 2.72 bits per heavy atom. The number of rotatable bonds is 3. The van der Waals surface area contributed by atoms with Gasteiger partial charge in [-0.25, -0.2) is 0 Å². The first kappa shape index (κ1) is 13.6. The van der Waals surface area contributed by atoms with Gasteiger partial charge in [0.2, 0.25) is 0 Å². The normalized spacial score (nSPS) is 13.8. The van der Waals surface area contributed by atoms with E-state index in [4.69, 9.17) is 5.11 Å². The van der Waals surface area contributed by atoms with Crippen LogP contribution in [0.5, 0.6) is 0 Å². The van der Waals surface area contributed by atoms with Gasteiger partial charge >= 0.3 is 6.18 Å². The van der Waals surface area contributed by atoms with Crippen molar-refractivity contribution in [2.24, 2.45) is 0 Å². The van der Waals surface area contributed by atoms with E-state index < -0.39 is 12.3 Å². The molecule has 0 aliphatic heterocycles. The van der Waals surface area contributed by atoms with Gasteiger partial charge in [0, 0.05) is 32.7 Å². The minimum Gasteiger partial charge on any atom is -0.379 e. The molecule has 1 N–H and O–H groups in total. The molecular formula is C11H9BrF3NOS. The zero-order chi connectivity index (χ0) is 13.3. The SMILES string of the molecule is OC(c1ccn(Cc2cc(Br)cs2)c1)C(F)(F)F. The number of aromatic nitrogens is 1. The number of aliphatic hydroxyl groups is 1. The Labute approximate surface area is 114 Å². The molecule has 0 aliphatic carbocycles. The van der Waals surface area contributed by atoms with Gasteiger partial charge in [-0.05, 0) is 28.1 Å². The molecule has 0 aliphatic rings. The van der Waals surface area contributed by atoms with Crippen molar-refractivity contribution in [3.8, 4) is 0 Å². The van der Waals surface area contributed by atoms with Crippen molar-refractivity contribution in [1.82, 2.24) is 4.57 Å². The molecule has 7 heteroatoms. The lowest BCUT2D eigenvalue weighted by Crippen LogP contribution is -2.19. The number of aliphatic hydroxyl groups excluding tert-OH is 1. The van der Waals surface area contributed by atoms with E-state index >= 15 is 0 Å². The van der Waals surface area contributed by atoms with Crippen LogP contribution in [-0.4, -0.2) is 15.8 Å². The lowest BCUT2D eigenvalue weighted by Gasteiger charge is -2.12. The fraction of sp³-hybridized carbons (Fsp3) is 0.273. The van der Waals surface area contributed by atoms with E-state index in [2.05, 4.69) is 15.9 Å². The van der Waals surface area contributed by atoms with Crippen molar-refractivity contribution < 1.29 is 18.3 Å². The van der Waals surface area contributed by atoms with E-state index in [0.29, 0.717) is 6.54 Å². The summed E-state index contributed by atoms with van der Waals surface area (Å²) >= 11 is 4.83. The molecule has 2 heterocycles. The average molecular weight is 340 g/mol. The number of thiophene rings is 1. The summed E-state index contributed by atoms with van der Waals surface area (Å²) in [6, 6.07) is 3.19. The summed E-state index contributed by atoms with van der Waals surface area (Å²) in [5, 5.41) is 11.0. The molecule has 0 aromatic carbocycles. The summed E-state index contributed by atoms with van der Waals surface area (Å²) in [7, 11) is 0. The molecule has 0 amide bonds. The van der Waals surface area contributed by atoms with Gasteiger partial charge < -0.3 is 9.67 Å². The van der Waals surface area contributed by atoms with E-state index in [1.807, 2.05) is 11.4 Å². The summed E-state index contributed by atoms with van der Waals surface area (Å²) in [5.41, 5.74) is -0.141. The Hall–Kier alpha value is -0.790. The summed E-state index contributed by atoms with van der Waals surface area (Å²) < 4.78 is 39.5. The molecule has 0 radical (unpaired) electrons. The van der Waals surface area contributed by atoms with Gasteiger partial charge in [0.25, 0.3) is 0 Å². The fourth-order valence-corrected chi connectivity index (χ4v) is 2.98. The molecule has 2 nitrogen and oxygen atoms in total. The zero-order valence-electron chi connectivity index (χ0n) is 8.99.